The number of hydrogen-bond donors (Lipinski definition) is 4. The molecule has 0 aliphatic rings. The van der Waals surface area contributed by atoms with Crippen molar-refractivity contribution in [3.63, 3.8) is 0 Å². The number of carboxylic acid groups (broad SMARTS) is 2. The van der Waals surface area contributed by atoms with Crippen molar-refractivity contribution in [2.24, 2.45) is 5.73 Å². The molecule has 3 atom stereocenters. The van der Waals surface area contributed by atoms with Gasteiger partial charge in [0.15, 0.2) is 0 Å². The van der Waals surface area contributed by atoms with Gasteiger partial charge in [-0.3, -0.25) is 9.59 Å². The van der Waals surface area contributed by atoms with E-state index in [4.69, 9.17) is 15.9 Å². The van der Waals surface area contributed by atoms with Crippen LogP contribution in [0.15, 0.2) is 0 Å². The van der Waals surface area contributed by atoms with E-state index in [2.05, 4.69) is 18.8 Å². The molecule has 0 aliphatic heterocycles. The fourth-order valence-electron chi connectivity index (χ4n) is 3.01. The second kappa shape index (κ2) is 27.6. The number of nitrogens with two attached hydrogens (primary N) is 1. The molecule has 0 heterocycles. The fourth-order valence-corrected chi connectivity index (χ4v) is 4.10. The number of aliphatic carboxylic acids is 2. The van der Waals surface area contributed by atoms with Crippen LogP contribution < -0.4 is 5.73 Å². The molecule has 0 aliphatic carbocycles. The first-order valence-electron chi connectivity index (χ1n) is 11.4. The molecular weight excluding hydrogens is 481 g/mol. The van der Waals surface area contributed by atoms with Crippen molar-refractivity contribution in [1.29, 1.82) is 0 Å². The van der Waals surface area contributed by atoms with Crippen molar-refractivity contribution in [3.8, 4) is 11.8 Å². The fraction of sp³-hybridized carbons (Fsp3) is 0.826. The number of carbonyl (C=O) groups is 2. The number of aliphatic hydroxyl groups excluding tert-OH is 1. The Labute approximate surface area is 284 Å². The maximum atomic E-state index is 10.9. The predicted molar refractivity (Wildman–Crippen MR) is 138 cm³/mol. The summed E-state index contributed by atoms with van der Waals surface area (Å²) in [4.78, 5) is 21.5. The molecule has 0 aromatic rings. The van der Waals surface area contributed by atoms with Crippen molar-refractivity contribution in [3.05, 3.63) is 0 Å². The Balaban J connectivity index is -0.00000420. The molecule has 0 rings (SSSR count). The molecule has 0 spiro atoms. The topological polar surface area (TPSA) is 121 Å². The predicted octanol–water partition coefficient (Wildman–Crippen LogP) is 3.13. The van der Waals surface area contributed by atoms with Crippen LogP contribution in [0.1, 0.15) is 96.8 Å². The number of carboxylic acids is 2. The third-order valence-corrected chi connectivity index (χ3v) is 6.25. The average Bonchev–Trinajstić information content (AvgIpc) is 2.70. The Morgan fingerprint density at radius 3 is 1.94 bits per heavy atom. The van der Waals surface area contributed by atoms with Gasteiger partial charge in [-0.15, -0.1) is 17.7 Å². The molecule has 0 bridgehead atoms. The van der Waals surface area contributed by atoms with Crippen molar-refractivity contribution in [1.82, 2.24) is 0 Å². The number of rotatable bonds is 19. The van der Waals surface area contributed by atoms with E-state index < -0.39 is 29.3 Å². The third-order valence-electron chi connectivity index (χ3n) is 4.91. The van der Waals surface area contributed by atoms with E-state index in [1.165, 1.54) is 63.1 Å². The molecule has 6 nitrogen and oxygen atoms in total. The SMILES string of the molecule is CCCCCCCCCCCCC#C[C@H](SC[C@H](N)C(=O)O)[C@H](O)CCCC(=O)O.[KH].[KH]. The Hall–Kier alpha value is 2.04. The quantitative estimate of drug-likeness (QED) is 0.117. The van der Waals surface area contributed by atoms with E-state index in [9.17, 15) is 14.7 Å². The molecule has 178 valence electrons. The van der Waals surface area contributed by atoms with Gasteiger partial charge in [0.2, 0.25) is 0 Å². The average molecular weight is 524 g/mol. The molecule has 0 saturated heterocycles. The van der Waals surface area contributed by atoms with Crippen molar-refractivity contribution in [2.75, 3.05) is 5.75 Å². The normalized spacial score (nSPS) is 13.0. The Bertz CT molecular complexity index is 528. The van der Waals surface area contributed by atoms with E-state index in [0.29, 0.717) is 12.8 Å². The monoisotopic (exact) mass is 523 g/mol. The zero-order chi connectivity index (χ0) is 22.6. The standard InChI is InChI=1S/C23H41NO5S.2K.2H/c1-2-3-4-5-6-7-8-9-10-11-12-13-16-21(30-18-19(24)23(28)29)20(25)15-14-17-22(26)27;;;;/h19-21,25H,2-12,14-15,17-18,24H2,1H3,(H,26,27)(H,28,29);;;;/t19-,20+,21-;;;;/m0..../s1. The number of unbranched alkanes of at least 4 members (excludes halogenated alkanes) is 10. The summed E-state index contributed by atoms with van der Waals surface area (Å²) < 4.78 is 0. The van der Waals surface area contributed by atoms with Crippen LogP contribution in [0.5, 0.6) is 0 Å². The Kier molecular flexibility index (Phi) is 33.3. The first-order valence-corrected chi connectivity index (χ1v) is 12.4. The number of aliphatic hydroxyl groups is 1. The summed E-state index contributed by atoms with van der Waals surface area (Å²) in [5.74, 6) is 4.33. The molecule has 0 radical (unpaired) electrons. The van der Waals surface area contributed by atoms with Gasteiger partial charge >= 0.3 is 115 Å². The second-order valence-electron chi connectivity index (χ2n) is 7.81. The van der Waals surface area contributed by atoms with Gasteiger partial charge in [0.05, 0.1) is 11.4 Å². The van der Waals surface area contributed by atoms with E-state index in [0.717, 1.165) is 19.3 Å². The Morgan fingerprint density at radius 1 is 0.906 bits per heavy atom. The van der Waals surface area contributed by atoms with E-state index in [1.54, 1.807) is 0 Å². The molecular formula is C23H43K2NO5S. The molecule has 0 unspecified atom stereocenters. The summed E-state index contributed by atoms with van der Waals surface area (Å²) in [5, 5.41) is 27.5. The molecule has 0 saturated carbocycles. The zero-order valence-corrected chi connectivity index (χ0v) is 19.3. The number of thioether (sulfide) groups is 1. The maximum absolute atomic E-state index is 10.9. The summed E-state index contributed by atoms with van der Waals surface area (Å²) in [5.41, 5.74) is 5.55. The van der Waals surface area contributed by atoms with Gasteiger partial charge in [0.25, 0.3) is 0 Å². The molecule has 5 N–H and O–H groups in total. The van der Waals surface area contributed by atoms with Crippen LogP contribution in [0.4, 0.5) is 0 Å². The first-order chi connectivity index (χ1) is 14.4. The molecule has 9 heteroatoms. The van der Waals surface area contributed by atoms with Gasteiger partial charge in [-0.1, -0.05) is 70.6 Å². The summed E-state index contributed by atoms with van der Waals surface area (Å²) >= 11 is 1.23. The first kappa shape index (κ1) is 38.6. The van der Waals surface area contributed by atoms with E-state index in [1.807, 2.05) is 0 Å². The molecule has 0 amide bonds. The third kappa shape index (κ3) is 25.1. The van der Waals surface area contributed by atoms with Crippen LogP contribution >= 0.6 is 11.8 Å². The van der Waals surface area contributed by atoms with E-state index in [-0.39, 0.29) is 115 Å². The van der Waals surface area contributed by atoms with Crippen LogP contribution in [0.2, 0.25) is 0 Å². The van der Waals surface area contributed by atoms with Crippen molar-refractivity contribution in [2.45, 2.75) is 114 Å². The molecule has 0 fully saturated rings. The van der Waals surface area contributed by atoms with Crippen LogP contribution in [0.3, 0.4) is 0 Å². The summed E-state index contributed by atoms with van der Waals surface area (Å²) in [6.45, 7) is 2.23. The van der Waals surface area contributed by atoms with Crippen LogP contribution in [-0.4, -0.2) is 153 Å². The van der Waals surface area contributed by atoms with Gasteiger partial charge in [0.1, 0.15) is 6.04 Å². The van der Waals surface area contributed by atoms with Crippen LogP contribution in [-0.2, 0) is 9.59 Å². The number of hydrogen-bond acceptors (Lipinski definition) is 5. The second-order valence-corrected chi connectivity index (χ2v) is 8.98. The van der Waals surface area contributed by atoms with Gasteiger partial charge in [-0.2, -0.15) is 0 Å². The Morgan fingerprint density at radius 2 is 1.44 bits per heavy atom. The van der Waals surface area contributed by atoms with Gasteiger partial charge in [0, 0.05) is 18.6 Å². The molecule has 0 aromatic heterocycles. The molecule has 0 aromatic carbocycles. The molecule has 32 heavy (non-hydrogen) atoms. The van der Waals surface area contributed by atoms with E-state index >= 15 is 0 Å². The van der Waals surface area contributed by atoms with Gasteiger partial charge in [-0.25, -0.2) is 0 Å². The van der Waals surface area contributed by atoms with Crippen molar-refractivity contribution < 1.29 is 24.9 Å². The van der Waals surface area contributed by atoms with Gasteiger partial charge in [-0.05, 0) is 19.3 Å². The van der Waals surface area contributed by atoms with Crippen LogP contribution in [0.25, 0.3) is 0 Å². The minimum atomic E-state index is -1.08. The van der Waals surface area contributed by atoms with Gasteiger partial charge < -0.3 is 21.1 Å². The summed E-state index contributed by atoms with van der Waals surface area (Å²) in [6.07, 6.45) is 13.2. The zero-order valence-electron chi connectivity index (χ0n) is 18.5. The summed E-state index contributed by atoms with van der Waals surface area (Å²) in [6, 6.07) is -1.01. The summed E-state index contributed by atoms with van der Waals surface area (Å²) in [7, 11) is 0. The van der Waals surface area contributed by atoms with Crippen molar-refractivity contribution >= 4 is 126 Å². The van der Waals surface area contributed by atoms with Crippen LogP contribution in [0, 0.1) is 11.8 Å². The minimum absolute atomic E-state index is 0.